The molecule has 0 saturated heterocycles. The lowest BCUT2D eigenvalue weighted by atomic mass is 10.0. The number of hydrogen-bond donors (Lipinski definition) is 0. The fourth-order valence-corrected chi connectivity index (χ4v) is 3.86. The van der Waals surface area contributed by atoms with Gasteiger partial charge < -0.3 is 4.57 Å². The number of aromatic nitrogens is 3. The summed E-state index contributed by atoms with van der Waals surface area (Å²) < 4.78 is 3.19. The predicted octanol–water partition coefficient (Wildman–Crippen LogP) is 2.75. The van der Waals surface area contributed by atoms with E-state index < -0.39 is 5.69 Å². The maximum atomic E-state index is 12.9. The smallest absolute Gasteiger partial charge is 0.325 e. The molecule has 0 aromatic heterocycles. The molecule has 1 aliphatic carbocycles. The Bertz CT molecular complexity index is 1020. The number of benzene rings is 1. The monoisotopic (exact) mass is 349 g/mol. The van der Waals surface area contributed by atoms with Gasteiger partial charge in [-0.1, -0.05) is 43.2 Å². The largest absolute Gasteiger partial charge is 0.352 e. The van der Waals surface area contributed by atoms with Gasteiger partial charge in [-0.25, -0.2) is 4.79 Å². The van der Waals surface area contributed by atoms with E-state index in [1.807, 2.05) is 18.2 Å². The summed E-state index contributed by atoms with van der Waals surface area (Å²) in [5, 5.41) is 0. The maximum absolute atomic E-state index is 12.9. The van der Waals surface area contributed by atoms with Crippen molar-refractivity contribution in [2.24, 2.45) is 7.05 Å². The molecule has 0 unspecified atom stereocenters. The van der Waals surface area contributed by atoms with Crippen LogP contribution in [-0.2, 0) is 26.4 Å². The second-order valence-corrected chi connectivity index (χ2v) is 7.10. The minimum absolute atomic E-state index is 0.234. The van der Waals surface area contributed by atoms with Crippen LogP contribution in [0.3, 0.4) is 0 Å². The number of nitrogens with zero attached hydrogens (tertiary/aromatic N) is 3. The van der Waals surface area contributed by atoms with E-state index in [1.54, 1.807) is 0 Å². The fourth-order valence-electron chi connectivity index (χ4n) is 3.86. The average Bonchev–Trinajstić information content (AvgIpc) is 2.75. The van der Waals surface area contributed by atoms with Gasteiger partial charge in [-0.3, -0.25) is 9.36 Å². The molecular formula is C21H23N3O2. The normalized spacial score (nSPS) is 14.7. The summed E-state index contributed by atoms with van der Waals surface area (Å²) in [7, 11) is 1.51. The SMILES string of the molecule is Cn1c(=O)nc2n(Cc3ccccc3)c3cc(c-2c1=O)CCCCCC3. The topological polar surface area (TPSA) is 56.9 Å². The summed E-state index contributed by atoms with van der Waals surface area (Å²) in [4.78, 5) is 29.4. The first-order valence-corrected chi connectivity index (χ1v) is 9.31. The van der Waals surface area contributed by atoms with Gasteiger partial charge in [0.25, 0.3) is 5.56 Å². The Kier molecular flexibility index (Phi) is 4.45. The van der Waals surface area contributed by atoms with Crippen molar-refractivity contribution in [1.29, 1.82) is 0 Å². The molecule has 3 aliphatic rings. The zero-order chi connectivity index (χ0) is 18.1. The van der Waals surface area contributed by atoms with Crippen LogP contribution in [0.5, 0.6) is 0 Å². The van der Waals surface area contributed by atoms with Crippen molar-refractivity contribution < 1.29 is 0 Å². The first-order valence-electron chi connectivity index (χ1n) is 9.31. The third-order valence-corrected chi connectivity index (χ3v) is 5.31. The Labute approximate surface area is 152 Å². The number of aryl methyl sites for hydroxylation is 2. The highest BCUT2D eigenvalue weighted by atomic mass is 16.2. The van der Waals surface area contributed by atoms with E-state index in [9.17, 15) is 9.59 Å². The molecule has 0 amide bonds. The Morgan fingerprint density at radius 1 is 1.00 bits per heavy atom. The summed E-state index contributed by atoms with van der Waals surface area (Å²) in [6.45, 7) is 0.618. The third kappa shape index (κ3) is 2.98. The van der Waals surface area contributed by atoms with Gasteiger partial charge in [-0.15, -0.1) is 0 Å². The van der Waals surface area contributed by atoms with Crippen molar-refractivity contribution in [2.45, 2.75) is 45.1 Å². The van der Waals surface area contributed by atoms with E-state index in [1.165, 1.54) is 25.6 Å². The Morgan fingerprint density at radius 3 is 2.50 bits per heavy atom. The van der Waals surface area contributed by atoms with Crippen molar-refractivity contribution in [3.63, 3.8) is 0 Å². The molecule has 1 aromatic carbocycles. The van der Waals surface area contributed by atoms with Gasteiger partial charge >= 0.3 is 5.69 Å². The van der Waals surface area contributed by atoms with Crippen molar-refractivity contribution in [3.8, 4) is 11.4 Å². The van der Waals surface area contributed by atoms with Crippen molar-refractivity contribution in [1.82, 2.24) is 14.1 Å². The lowest BCUT2D eigenvalue weighted by molar-refractivity contribution is 0.629. The molecule has 26 heavy (non-hydrogen) atoms. The minimum Gasteiger partial charge on any atom is -0.325 e. The van der Waals surface area contributed by atoms with Crippen LogP contribution in [0.1, 0.15) is 42.5 Å². The second-order valence-electron chi connectivity index (χ2n) is 7.10. The molecule has 0 fully saturated rings. The van der Waals surface area contributed by atoms with Crippen LogP contribution in [-0.4, -0.2) is 14.1 Å². The van der Waals surface area contributed by atoms with Gasteiger partial charge in [-0.05, 0) is 42.9 Å². The number of fused-ring (bicyclic) bond motifs is 4. The van der Waals surface area contributed by atoms with Gasteiger partial charge in [-0.2, -0.15) is 4.98 Å². The first kappa shape index (κ1) is 16.8. The van der Waals surface area contributed by atoms with E-state index in [0.717, 1.165) is 41.4 Å². The molecule has 2 bridgehead atoms. The van der Waals surface area contributed by atoms with E-state index in [-0.39, 0.29) is 5.56 Å². The summed E-state index contributed by atoms with van der Waals surface area (Å²) in [6, 6.07) is 12.3. The van der Waals surface area contributed by atoms with Gasteiger partial charge in [0.05, 0.1) is 5.56 Å². The van der Waals surface area contributed by atoms with Crippen molar-refractivity contribution in [3.05, 3.63) is 74.1 Å². The minimum atomic E-state index is -0.484. The number of pyridine rings is 1. The Morgan fingerprint density at radius 2 is 1.73 bits per heavy atom. The standard InChI is InChI=1S/C21H23N3O2/c1-23-20(25)18-16-11-7-2-3-8-12-17(13-16)24(19(18)22-21(23)26)14-15-9-5-4-6-10-15/h4-6,9-10,13H,2-3,7-8,11-12,14H2,1H3. The molecule has 134 valence electrons. The molecule has 0 atom stereocenters. The van der Waals surface area contributed by atoms with Crippen LogP contribution >= 0.6 is 0 Å². The lowest BCUT2D eigenvalue weighted by Crippen LogP contribution is -2.37. The van der Waals surface area contributed by atoms with Crippen LogP contribution in [0.15, 0.2) is 46.0 Å². The molecule has 4 rings (SSSR count). The fraction of sp³-hybridized carbons (Fsp3) is 0.381. The van der Waals surface area contributed by atoms with Gasteiger partial charge in [0.1, 0.15) is 0 Å². The summed E-state index contributed by atoms with van der Waals surface area (Å²) in [5.74, 6) is 0.538. The highest BCUT2D eigenvalue weighted by Gasteiger charge is 2.23. The Hall–Kier alpha value is -2.69. The molecule has 5 heteroatoms. The van der Waals surface area contributed by atoms with E-state index in [4.69, 9.17) is 0 Å². The predicted molar refractivity (Wildman–Crippen MR) is 102 cm³/mol. The van der Waals surface area contributed by atoms with Gasteiger partial charge in [0.15, 0.2) is 5.82 Å². The molecule has 0 radical (unpaired) electrons. The average molecular weight is 349 g/mol. The quantitative estimate of drug-likeness (QED) is 0.715. The Balaban J connectivity index is 2.00. The molecule has 0 saturated carbocycles. The summed E-state index contributed by atoms with van der Waals surface area (Å²) >= 11 is 0. The van der Waals surface area contributed by atoms with E-state index in [0.29, 0.717) is 17.9 Å². The van der Waals surface area contributed by atoms with E-state index in [2.05, 4.69) is 27.8 Å². The molecule has 0 N–H and O–H groups in total. The van der Waals surface area contributed by atoms with E-state index >= 15 is 0 Å². The molecule has 1 aromatic rings. The molecular weight excluding hydrogens is 326 g/mol. The first-order chi connectivity index (χ1) is 12.6. The molecule has 5 nitrogen and oxygen atoms in total. The third-order valence-electron chi connectivity index (χ3n) is 5.31. The zero-order valence-corrected chi connectivity index (χ0v) is 15.1. The second kappa shape index (κ2) is 6.90. The zero-order valence-electron chi connectivity index (χ0n) is 15.1. The van der Waals surface area contributed by atoms with Crippen LogP contribution in [0.2, 0.25) is 0 Å². The highest BCUT2D eigenvalue weighted by molar-refractivity contribution is 5.62. The van der Waals surface area contributed by atoms with Gasteiger partial charge in [0, 0.05) is 19.3 Å². The molecule has 0 spiro atoms. The number of rotatable bonds is 2. The lowest BCUT2D eigenvalue weighted by Gasteiger charge is -2.22. The summed E-state index contributed by atoms with van der Waals surface area (Å²) in [5.41, 5.74) is 3.23. The van der Waals surface area contributed by atoms with Crippen molar-refractivity contribution in [2.75, 3.05) is 0 Å². The van der Waals surface area contributed by atoms with Crippen LogP contribution in [0.4, 0.5) is 0 Å². The molecule has 2 heterocycles. The summed E-state index contributed by atoms with van der Waals surface area (Å²) in [6.07, 6.45) is 6.37. The molecule has 2 aliphatic heterocycles. The maximum Gasteiger partial charge on any atom is 0.352 e. The highest BCUT2D eigenvalue weighted by Crippen LogP contribution is 2.27. The van der Waals surface area contributed by atoms with Crippen LogP contribution in [0, 0.1) is 0 Å². The number of hydrogen-bond acceptors (Lipinski definition) is 3. The van der Waals surface area contributed by atoms with Crippen LogP contribution in [0.25, 0.3) is 11.4 Å². The van der Waals surface area contributed by atoms with Crippen LogP contribution < -0.4 is 11.2 Å². The van der Waals surface area contributed by atoms with Gasteiger partial charge in [0.2, 0.25) is 0 Å². The van der Waals surface area contributed by atoms with Crippen molar-refractivity contribution >= 4 is 0 Å².